The zero-order valence-corrected chi connectivity index (χ0v) is 13.7. The van der Waals surface area contributed by atoms with Crippen molar-refractivity contribution in [1.82, 2.24) is 0 Å². The second kappa shape index (κ2) is 5.93. The van der Waals surface area contributed by atoms with E-state index in [9.17, 15) is 0 Å². The Labute approximate surface area is 140 Å². The minimum atomic E-state index is -0.396. The maximum Gasteiger partial charge on any atom is 0.221 e. The van der Waals surface area contributed by atoms with E-state index in [4.69, 9.17) is 23.1 Å². The van der Waals surface area contributed by atoms with E-state index in [2.05, 4.69) is 16.1 Å². The smallest absolute Gasteiger partial charge is 0.221 e. The number of nitrogens with two attached hydrogens (primary N) is 2. The van der Waals surface area contributed by atoms with E-state index in [1.165, 1.54) is 0 Å². The third-order valence-electron chi connectivity index (χ3n) is 3.61. The molecule has 0 saturated carbocycles. The van der Waals surface area contributed by atoms with Crippen molar-refractivity contribution in [3.05, 3.63) is 64.2 Å². The van der Waals surface area contributed by atoms with Gasteiger partial charge in [0, 0.05) is 10.7 Å². The van der Waals surface area contributed by atoms with Crippen LogP contribution >= 0.6 is 11.6 Å². The largest absolute Gasteiger partial charge is 0.369 e. The van der Waals surface area contributed by atoms with Crippen molar-refractivity contribution in [2.75, 3.05) is 4.90 Å². The number of hydrogen-bond acceptors (Lipinski definition) is 5. The molecule has 0 aromatic heterocycles. The van der Waals surface area contributed by atoms with Crippen molar-refractivity contribution < 1.29 is 0 Å². The zero-order valence-electron chi connectivity index (χ0n) is 13.0. The van der Waals surface area contributed by atoms with E-state index in [0.717, 1.165) is 22.4 Å². The lowest BCUT2D eigenvalue weighted by atomic mass is 10.1. The van der Waals surface area contributed by atoms with Crippen LogP contribution in [0.3, 0.4) is 0 Å². The van der Waals surface area contributed by atoms with Crippen molar-refractivity contribution in [3.63, 3.8) is 0 Å². The van der Waals surface area contributed by atoms with Crippen LogP contribution in [0.25, 0.3) is 0 Å². The molecule has 23 heavy (non-hydrogen) atoms. The molecule has 1 aliphatic rings. The van der Waals surface area contributed by atoms with Crippen LogP contribution in [0.5, 0.6) is 0 Å². The summed E-state index contributed by atoms with van der Waals surface area (Å²) in [4.78, 5) is 10.4. The van der Waals surface area contributed by atoms with Crippen LogP contribution < -0.4 is 16.4 Å². The van der Waals surface area contributed by atoms with Gasteiger partial charge in [0.2, 0.25) is 11.9 Å². The maximum absolute atomic E-state index is 6.15. The molecule has 6 heteroatoms. The molecule has 1 atom stereocenters. The Kier molecular flexibility index (Phi) is 3.96. The molecule has 1 aliphatic heterocycles. The molecule has 5 nitrogen and oxygen atoms in total. The SMILES string of the molecule is Cc1cc(C)cc(N2C(N)=NC(N)=N[C@@H]2c2cccc(Cl)c2)c1. The summed E-state index contributed by atoms with van der Waals surface area (Å²) in [6, 6.07) is 13.7. The molecule has 3 rings (SSSR count). The molecule has 0 unspecified atom stereocenters. The highest BCUT2D eigenvalue weighted by molar-refractivity contribution is 6.30. The van der Waals surface area contributed by atoms with Crippen molar-refractivity contribution in [2.45, 2.75) is 20.0 Å². The molecule has 0 amide bonds. The summed E-state index contributed by atoms with van der Waals surface area (Å²) in [5.41, 5.74) is 16.1. The quantitative estimate of drug-likeness (QED) is 0.889. The van der Waals surface area contributed by atoms with Crippen molar-refractivity contribution in [2.24, 2.45) is 21.5 Å². The number of benzene rings is 2. The van der Waals surface area contributed by atoms with Gasteiger partial charge in [-0.2, -0.15) is 4.99 Å². The number of aryl methyl sites for hydroxylation is 2. The molecule has 4 N–H and O–H groups in total. The number of hydrogen-bond donors (Lipinski definition) is 2. The first-order valence-corrected chi connectivity index (χ1v) is 7.62. The van der Waals surface area contributed by atoms with Gasteiger partial charge in [-0.1, -0.05) is 29.8 Å². The Hall–Kier alpha value is -2.53. The van der Waals surface area contributed by atoms with Gasteiger partial charge in [0.1, 0.15) is 0 Å². The Balaban J connectivity index is 2.13. The minimum Gasteiger partial charge on any atom is -0.369 e. The summed E-state index contributed by atoms with van der Waals surface area (Å²) in [7, 11) is 0. The summed E-state index contributed by atoms with van der Waals surface area (Å²) in [5.74, 6) is 0.473. The first kappa shape index (κ1) is 15.4. The molecular formula is C17H18ClN5. The van der Waals surface area contributed by atoms with Gasteiger partial charge in [0.05, 0.1) is 0 Å². The summed E-state index contributed by atoms with van der Waals surface area (Å²) < 4.78 is 0. The average molecular weight is 328 g/mol. The topological polar surface area (TPSA) is 80.0 Å². The number of halogens is 1. The summed E-state index contributed by atoms with van der Waals surface area (Å²) >= 11 is 6.12. The fourth-order valence-corrected chi connectivity index (χ4v) is 2.96. The fraction of sp³-hybridized carbons (Fsp3) is 0.176. The van der Waals surface area contributed by atoms with Gasteiger partial charge < -0.3 is 11.5 Å². The predicted octanol–water partition coefficient (Wildman–Crippen LogP) is 3.11. The van der Waals surface area contributed by atoms with Crippen molar-refractivity contribution in [1.29, 1.82) is 0 Å². The highest BCUT2D eigenvalue weighted by Crippen LogP contribution is 2.32. The normalized spacial score (nSPS) is 17.7. The lowest BCUT2D eigenvalue weighted by Gasteiger charge is -2.33. The van der Waals surface area contributed by atoms with E-state index in [1.807, 2.05) is 55.1 Å². The predicted molar refractivity (Wildman–Crippen MR) is 95.8 cm³/mol. The number of rotatable bonds is 2. The minimum absolute atomic E-state index is 0.160. The van der Waals surface area contributed by atoms with Gasteiger partial charge in [0.25, 0.3) is 0 Å². The molecule has 0 aliphatic carbocycles. The average Bonchev–Trinajstić information content (AvgIpc) is 2.45. The van der Waals surface area contributed by atoms with Crippen molar-refractivity contribution >= 4 is 29.2 Å². The molecule has 2 aromatic rings. The molecule has 2 aromatic carbocycles. The number of nitrogens with zero attached hydrogens (tertiary/aromatic N) is 3. The second-order valence-corrected chi connectivity index (χ2v) is 6.04. The van der Waals surface area contributed by atoms with E-state index in [0.29, 0.717) is 11.0 Å². The van der Waals surface area contributed by atoms with E-state index < -0.39 is 6.17 Å². The van der Waals surface area contributed by atoms with Crippen LogP contribution in [-0.4, -0.2) is 11.9 Å². The van der Waals surface area contributed by atoms with Gasteiger partial charge in [-0.05, 0) is 54.8 Å². The number of anilines is 1. The molecule has 118 valence electrons. The molecule has 1 heterocycles. The third kappa shape index (κ3) is 3.14. The van der Waals surface area contributed by atoms with E-state index in [1.54, 1.807) is 0 Å². The molecule has 0 bridgehead atoms. The maximum atomic E-state index is 6.15. The zero-order chi connectivity index (χ0) is 16.6. The Morgan fingerprint density at radius 1 is 1.04 bits per heavy atom. The summed E-state index contributed by atoms with van der Waals surface area (Å²) in [6.07, 6.45) is -0.396. The first-order chi connectivity index (χ1) is 10.9. The molecule has 0 radical (unpaired) electrons. The third-order valence-corrected chi connectivity index (χ3v) is 3.84. The van der Waals surface area contributed by atoms with Gasteiger partial charge in [-0.25, -0.2) is 4.99 Å². The summed E-state index contributed by atoms with van der Waals surface area (Å²) in [5, 5.41) is 0.637. The summed E-state index contributed by atoms with van der Waals surface area (Å²) in [6.45, 7) is 4.08. The lowest BCUT2D eigenvalue weighted by Crippen LogP contribution is -2.44. The van der Waals surface area contributed by atoms with Crippen LogP contribution in [0.15, 0.2) is 52.4 Å². The number of guanidine groups is 2. The monoisotopic (exact) mass is 327 g/mol. The first-order valence-electron chi connectivity index (χ1n) is 7.24. The standard InChI is InChI=1S/C17H18ClN5/c1-10-6-11(2)8-14(7-10)23-15(21-16(19)22-17(23)20)12-4-3-5-13(18)9-12/h3-9,15H,1-2H3,(H4,19,20,21,22)/t15-/m0/s1. The highest BCUT2D eigenvalue weighted by atomic mass is 35.5. The van der Waals surface area contributed by atoms with Crippen LogP contribution in [0.4, 0.5) is 5.69 Å². The lowest BCUT2D eigenvalue weighted by molar-refractivity contribution is 0.736. The van der Waals surface area contributed by atoms with Crippen LogP contribution in [0.1, 0.15) is 22.9 Å². The van der Waals surface area contributed by atoms with Crippen LogP contribution in [-0.2, 0) is 0 Å². The Morgan fingerprint density at radius 2 is 1.74 bits per heavy atom. The van der Waals surface area contributed by atoms with Gasteiger partial charge in [-0.15, -0.1) is 0 Å². The van der Waals surface area contributed by atoms with E-state index >= 15 is 0 Å². The van der Waals surface area contributed by atoms with Gasteiger partial charge in [-0.3, -0.25) is 4.90 Å². The molecule has 0 spiro atoms. The Morgan fingerprint density at radius 3 is 2.39 bits per heavy atom. The Bertz CT molecular complexity index is 792. The van der Waals surface area contributed by atoms with E-state index in [-0.39, 0.29) is 5.96 Å². The number of aliphatic imine (C=N–C) groups is 2. The molecule has 0 saturated heterocycles. The second-order valence-electron chi connectivity index (χ2n) is 5.60. The fourth-order valence-electron chi connectivity index (χ4n) is 2.76. The van der Waals surface area contributed by atoms with Gasteiger partial charge >= 0.3 is 0 Å². The van der Waals surface area contributed by atoms with Crippen molar-refractivity contribution in [3.8, 4) is 0 Å². The van der Waals surface area contributed by atoms with Gasteiger partial charge in [0.15, 0.2) is 6.17 Å². The van der Waals surface area contributed by atoms with Crippen LogP contribution in [0.2, 0.25) is 5.02 Å². The molecular weight excluding hydrogens is 310 g/mol. The van der Waals surface area contributed by atoms with Crippen LogP contribution in [0, 0.1) is 13.8 Å². The highest BCUT2D eigenvalue weighted by Gasteiger charge is 2.27. The molecule has 0 fully saturated rings.